The second-order valence-corrected chi connectivity index (χ2v) is 7.96. The van der Waals surface area contributed by atoms with Crippen molar-refractivity contribution in [3.63, 3.8) is 0 Å². The maximum atomic E-state index is 13.0. The lowest BCUT2D eigenvalue weighted by Gasteiger charge is -2.29. The first kappa shape index (κ1) is 19.2. The van der Waals surface area contributed by atoms with Gasteiger partial charge >= 0.3 is 0 Å². The van der Waals surface area contributed by atoms with E-state index in [1.807, 2.05) is 0 Å². The Kier molecular flexibility index (Phi) is 5.69. The molecule has 2 aromatic carbocycles. The number of anilines is 2. The zero-order chi connectivity index (χ0) is 18.8. The molecule has 0 spiro atoms. The molecule has 0 saturated heterocycles. The summed E-state index contributed by atoms with van der Waals surface area (Å²) in [4.78, 5) is 12.5. The Morgan fingerprint density at radius 2 is 1.80 bits per heavy atom. The summed E-state index contributed by atoms with van der Waals surface area (Å²) in [5.41, 5.74) is 1.36. The summed E-state index contributed by atoms with van der Waals surface area (Å²) in [5, 5.41) is 2.94. The topological polar surface area (TPSA) is 66.5 Å². The molecule has 134 valence electrons. The number of halogens is 2. The largest absolute Gasteiger partial charge is 0.324 e. The van der Waals surface area contributed by atoms with Crippen LogP contribution in [-0.4, -0.2) is 26.6 Å². The normalized spacial score (nSPS) is 12.5. The molecule has 1 atom stereocenters. The number of hydrogen-bond donors (Lipinski definition) is 1. The number of carbonyl (C=O) groups excluding carboxylic acids is 1. The van der Waals surface area contributed by atoms with Crippen molar-refractivity contribution in [3.8, 4) is 0 Å². The van der Waals surface area contributed by atoms with E-state index in [9.17, 15) is 17.6 Å². The van der Waals surface area contributed by atoms with E-state index in [4.69, 9.17) is 11.6 Å². The van der Waals surface area contributed by atoms with E-state index < -0.39 is 27.8 Å². The molecular weight excluding hydrogens is 367 g/mol. The molecule has 0 aromatic heterocycles. The van der Waals surface area contributed by atoms with E-state index in [0.717, 1.165) is 10.6 Å². The van der Waals surface area contributed by atoms with E-state index in [0.29, 0.717) is 22.0 Å². The van der Waals surface area contributed by atoms with Gasteiger partial charge < -0.3 is 5.32 Å². The highest BCUT2D eigenvalue weighted by molar-refractivity contribution is 7.92. The molecule has 0 bridgehead atoms. The molecule has 0 aliphatic carbocycles. The van der Waals surface area contributed by atoms with Crippen molar-refractivity contribution in [2.24, 2.45) is 0 Å². The minimum atomic E-state index is -3.75. The molecule has 2 aromatic rings. The third kappa shape index (κ3) is 4.70. The van der Waals surface area contributed by atoms with Crippen molar-refractivity contribution in [1.29, 1.82) is 0 Å². The van der Waals surface area contributed by atoms with Crippen LogP contribution in [0.25, 0.3) is 0 Å². The minimum absolute atomic E-state index is 0.330. The minimum Gasteiger partial charge on any atom is -0.324 e. The van der Waals surface area contributed by atoms with Gasteiger partial charge in [0.05, 0.1) is 11.9 Å². The third-order valence-corrected chi connectivity index (χ3v) is 5.07. The summed E-state index contributed by atoms with van der Waals surface area (Å²) < 4.78 is 38.6. The Bertz CT molecular complexity index is 885. The standard InChI is InChI=1S/C17H18ClFN2O3S/c1-11-4-5-13(18)10-16(11)21(25(3,23)24)12(2)17(22)20-15-8-6-14(19)7-9-15/h4-10,12H,1-3H3,(H,20,22)/t12-/m1/s1. The molecule has 0 fully saturated rings. The highest BCUT2D eigenvalue weighted by Gasteiger charge is 2.30. The van der Waals surface area contributed by atoms with Gasteiger partial charge in [-0.2, -0.15) is 0 Å². The van der Waals surface area contributed by atoms with Gasteiger partial charge in [0.2, 0.25) is 15.9 Å². The summed E-state index contributed by atoms with van der Waals surface area (Å²) >= 11 is 5.98. The summed E-state index contributed by atoms with van der Waals surface area (Å²) in [6.07, 6.45) is 1.02. The van der Waals surface area contributed by atoms with Gasteiger partial charge in [-0.3, -0.25) is 9.10 Å². The van der Waals surface area contributed by atoms with Crippen molar-refractivity contribution in [1.82, 2.24) is 0 Å². The van der Waals surface area contributed by atoms with Gasteiger partial charge in [-0.15, -0.1) is 0 Å². The van der Waals surface area contributed by atoms with Gasteiger partial charge in [-0.25, -0.2) is 12.8 Å². The predicted molar refractivity (Wildman–Crippen MR) is 98.0 cm³/mol. The van der Waals surface area contributed by atoms with Crippen molar-refractivity contribution < 1.29 is 17.6 Å². The van der Waals surface area contributed by atoms with Gasteiger partial charge in [0.15, 0.2) is 0 Å². The first-order valence-electron chi connectivity index (χ1n) is 7.41. The number of nitrogens with zero attached hydrogens (tertiary/aromatic N) is 1. The van der Waals surface area contributed by atoms with Crippen LogP contribution in [0.1, 0.15) is 12.5 Å². The van der Waals surface area contributed by atoms with Gasteiger partial charge in [0.25, 0.3) is 0 Å². The summed E-state index contributed by atoms with van der Waals surface area (Å²) in [5.74, 6) is -0.977. The van der Waals surface area contributed by atoms with E-state index >= 15 is 0 Å². The van der Waals surface area contributed by atoms with Gasteiger partial charge in [0.1, 0.15) is 11.9 Å². The number of nitrogens with one attached hydrogen (secondary N) is 1. The first-order valence-corrected chi connectivity index (χ1v) is 9.64. The van der Waals surface area contributed by atoms with E-state index in [2.05, 4.69) is 5.32 Å². The maximum absolute atomic E-state index is 13.0. The lowest BCUT2D eigenvalue weighted by molar-refractivity contribution is -0.116. The number of rotatable bonds is 5. The quantitative estimate of drug-likeness (QED) is 0.856. The number of benzene rings is 2. The fourth-order valence-corrected chi connectivity index (χ4v) is 3.77. The molecule has 5 nitrogen and oxygen atoms in total. The number of amides is 1. The fraction of sp³-hybridized carbons (Fsp3) is 0.235. The maximum Gasteiger partial charge on any atom is 0.247 e. The summed E-state index contributed by atoms with van der Waals surface area (Å²) in [6, 6.07) is 9.00. The van der Waals surface area contributed by atoms with Crippen molar-refractivity contribution in [2.75, 3.05) is 15.9 Å². The van der Waals surface area contributed by atoms with Crippen molar-refractivity contribution >= 4 is 38.9 Å². The molecule has 1 amide bonds. The molecule has 0 radical (unpaired) electrons. The molecular formula is C17H18ClFN2O3S. The Morgan fingerprint density at radius 3 is 2.36 bits per heavy atom. The lowest BCUT2D eigenvalue weighted by atomic mass is 10.1. The lowest BCUT2D eigenvalue weighted by Crippen LogP contribution is -2.45. The summed E-state index contributed by atoms with van der Waals surface area (Å²) in [7, 11) is -3.75. The zero-order valence-electron chi connectivity index (χ0n) is 14.0. The SMILES string of the molecule is Cc1ccc(Cl)cc1N([C@H](C)C(=O)Nc1ccc(F)cc1)S(C)(=O)=O. The molecule has 1 N–H and O–H groups in total. The van der Waals surface area contributed by atoms with Crippen LogP contribution < -0.4 is 9.62 Å². The van der Waals surface area contributed by atoms with Crippen LogP contribution >= 0.6 is 11.6 Å². The first-order chi connectivity index (χ1) is 11.6. The average molecular weight is 385 g/mol. The third-order valence-electron chi connectivity index (χ3n) is 3.61. The van der Waals surface area contributed by atoms with E-state index in [-0.39, 0.29) is 0 Å². The Balaban J connectivity index is 2.36. The van der Waals surface area contributed by atoms with Crippen LogP contribution in [0.4, 0.5) is 15.8 Å². The average Bonchev–Trinajstić information content (AvgIpc) is 2.51. The molecule has 25 heavy (non-hydrogen) atoms. The monoisotopic (exact) mass is 384 g/mol. The van der Waals surface area contributed by atoms with E-state index in [1.165, 1.54) is 37.3 Å². The molecule has 0 heterocycles. The van der Waals surface area contributed by atoms with Crippen LogP contribution in [0.5, 0.6) is 0 Å². The molecule has 8 heteroatoms. The van der Waals surface area contributed by atoms with Crippen molar-refractivity contribution in [2.45, 2.75) is 19.9 Å². The van der Waals surface area contributed by atoms with Crippen LogP contribution in [0, 0.1) is 12.7 Å². The zero-order valence-corrected chi connectivity index (χ0v) is 15.5. The van der Waals surface area contributed by atoms with Crippen LogP contribution in [0.3, 0.4) is 0 Å². The number of aryl methyl sites for hydroxylation is 1. The van der Waals surface area contributed by atoms with Crippen molar-refractivity contribution in [3.05, 3.63) is 58.9 Å². The van der Waals surface area contributed by atoms with Gasteiger partial charge in [-0.1, -0.05) is 17.7 Å². The van der Waals surface area contributed by atoms with Gasteiger partial charge in [0, 0.05) is 10.7 Å². The van der Waals surface area contributed by atoms with Gasteiger partial charge in [-0.05, 0) is 55.8 Å². The molecule has 0 aliphatic heterocycles. The van der Waals surface area contributed by atoms with Crippen LogP contribution in [0.15, 0.2) is 42.5 Å². The summed E-state index contributed by atoms with van der Waals surface area (Å²) in [6.45, 7) is 3.20. The van der Waals surface area contributed by atoms with Crippen LogP contribution in [-0.2, 0) is 14.8 Å². The number of sulfonamides is 1. The Hall–Kier alpha value is -2.12. The number of carbonyl (C=O) groups is 1. The highest BCUT2D eigenvalue weighted by atomic mass is 35.5. The molecule has 0 unspecified atom stereocenters. The number of hydrogen-bond acceptors (Lipinski definition) is 3. The molecule has 0 saturated carbocycles. The Labute approximate surface area is 151 Å². The second-order valence-electron chi connectivity index (χ2n) is 5.66. The Morgan fingerprint density at radius 1 is 1.20 bits per heavy atom. The van der Waals surface area contributed by atoms with E-state index in [1.54, 1.807) is 19.1 Å². The highest BCUT2D eigenvalue weighted by Crippen LogP contribution is 2.28. The smallest absolute Gasteiger partial charge is 0.247 e. The predicted octanol–water partition coefficient (Wildman–Crippen LogP) is 3.58. The molecule has 2 rings (SSSR count). The van der Waals surface area contributed by atoms with Crippen LogP contribution in [0.2, 0.25) is 5.02 Å². The molecule has 0 aliphatic rings. The fourth-order valence-electron chi connectivity index (χ4n) is 2.38. The second kappa shape index (κ2) is 7.41.